The summed E-state index contributed by atoms with van der Waals surface area (Å²) in [4.78, 5) is 18.8. The molecule has 0 saturated carbocycles. The number of hydrogen-bond acceptors (Lipinski definition) is 5. The minimum absolute atomic E-state index is 0.101. The summed E-state index contributed by atoms with van der Waals surface area (Å²) in [6.45, 7) is 7.61. The van der Waals surface area contributed by atoms with Crippen molar-refractivity contribution in [2.75, 3.05) is 19.8 Å². The fraction of sp³-hybridized carbons (Fsp3) is 0.526. The maximum Gasteiger partial charge on any atom is 0.223 e. The van der Waals surface area contributed by atoms with E-state index in [4.69, 9.17) is 9.26 Å². The summed E-state index contributed by atoms with van der Waals surface area (Å²) in [6.07, 6.45) is 1.20. The molecular formula is C19H25N3O3. The van der Waals surface area contributed by atoms with Gasteiger partial charge in [-0.25, -0.2) is 0 Å². The van der Waals surface area contributed by atoms with Crippen LogP contribution in [0.5, 0.6) is 0 Å². The van der Waals surface area contributed by atoms with Crippen molar-refractivity contribution in [2.24, 2.45) is 0 Å². The van der Waals surface area contributed by atoms with Crippen molar-refractivity contribution in [2.45, 2.75) is 45.6 Å². The smallest absolute Gasteiger partial charge is 0.223 e. The molecule has 2 heterocycles. The largest absolute Gasteiger partial charge is 0.377 e. The van der Waals surface area contributed by atoms with Crippen LogP contribution in [0.25, 0.3) is 0 Å². The Labute approximate surface area is 148 Å². The summed E-state index contributed by atoms with van der Waals surface area (Å²) >= 11 is 0. The van der Waals surface area contributed by atoms with Gasteiger partial charge in [0.25, 0.3) is 0 Å². The predicted octanol–water partition coefficient (Wildman–Crippen LogP) is 3.03. The zero-order valence-electron chi connectivity index (χ0n) is 15.1. The van der Waals surface area contributed by atoms with Crippen molar-refractivity contribution >= 4 is 5.91 Å². The van der Waals surface area contributed by atoms with E-state index in [1.165, 1.54) is 11.1 Å². The Morgan fingerprint density at radius 1 is 1.32 bits per heavy atom. The lowest BCUT2D eigenvalue weighted by molar-refractivity contribution is -0.140. The van der Waals surface area contributed by atoms with E-state index in [0.717, 1.165) is 6.42 Å². The molecule has 0 N–H and O–H groups in total. The van der Waals surface area contributed by atoms with E-state index in [9.17, 15) is 4.79 Å². The molecule has 1 aliphatic heterocycles. The van der Waals surface area contributed by atoms with E-state index < -0.39 is 0 Å². The number of benzene rings is 1. The molecule has 0 spiro atoms. The lowest BCUT2D eigenvalue weighted by atomic mass is 10.00. The number of rotatable bonds is 5. The van der Waals surface area contributed by atoms with E-state index in [1.807, 2.05) is 4.90 Å². The minimum atomic E-state index is -0.262. The van der Waals surface area contributed by atoms with E-state index >= 15 is 0 Å². The van der Waals surface area contributed by atoms with Gasteiger partial charge < -0.3 is 14.2 Å². The second-order valence-corrected chi connectivity index (χ2v) is 6.75. The number of amides is 1. The fourth-order valence-corrected chi connectivity index (χ4v) is 3.03. The molecule has 1 amide bonds. The molecule has 25 heavy (non-hydrogen) atoms. The van der Waals surface area contributed by atoms with Gasteiger partial charge in [-0.1, -0.05) is 43.3 Å². The maximum absolute atomic E-state index is 12.7. The Balaban J connectivity index is 1.62. The molecule has 6 nitrogen and oxygen atoms in total. The molecule has 1 aliphatic rings. The summed E-state index contributed by atoms with van der Waals surface area (Å²) in [5.74, 6) is 1.64. The van der Waals surface area contributed by atoms with Gasteiger partial charge in [-0.15, -0.1) is 0 Å². The molecule has 0 bridgehead atoms. The van der Waals surface area contributed by atoms with Gasteiger partial charge in [0.1, 0.15) is 6.04 Å². The van der Waals surface area contributed by atoms with Crippen molar-refractivity contribution in [1.29, 1.82) is 0 Å². The monoisotopic (exact) mass is 343 g/mol. The first-order chi connectivity index (χ1) is 12.0. The molecule has 0 aliphatic carbocycles. The van der Waals surface area contributed by atoms with E-state index in [-0.39, 0.29) is 11.9 Å². The Hall–Kier alpha value is -2.21. The van der Waals surface area contributed by atoms with E-state index in [1.54, 1.807) is 6.92 Å². The Kier molecular flexibility index (Phi) is 5.48. The third-order valence-electron chi connectivity index (χ3n) is 4.56. The van der Waals surface area contributed by atoms with Crippen LogP contribution in [-0.2, 0) is 16.0 Å². The van der Waals surface area contributed by atoms with Crippen molar-refractivity contribution in [1.82, 2.24) is 15.0 Å². The van der Waals surface area contributed by atoms with E-state index in [0.29, 0.717) is 43.8 Å². The quantitative estimate of drug-likeness (QED) is 0.835. The molecule has 134 valence electrons. The van der Waals surface area contributed by atoms with Gasteiger partial charge in [-0.3, -0.25) is 4.79 Å². The predicted molar refractivity (Wildman–Crippen MR) is 93.2 cm³/mol. The molecule has 0 unspecified atom stereocenters. The highest BCUT2D eigenvalue weighted by Crippen LogP contribution is 2.23. The average Bonchev–Trinajstić information content (AvgIpc) is 3.06. The van der Waals surface area contributed by atoms with E-state index in [2.05, 4.69) is 48.3 Å². The molecule has 1 atom stereocenters. The van der Waals surface area contributed by atoms with Crippen molar-refractivity contribution < 1.29 is 14.1 Å². The van der Waals surface area contributed by atoms with Crippen LogP contribution in [0.3, 0.4) is 0 Å². The van der Waals surface area contributed by atoms with Gasteiger partial charge >= 0.3 is 0 Å². The van der Waals surface area contributed by atoms with Crippen LogP contribution < -0.4 is 0 Å². The summed E-state index contributed by atoms with van der Waals surface area (Å²) < 4.78 is 10.6. The zero-order chi connectivity index (χ0) is 17.8. The number of aryl methyl sites for hydroxylation is 2. The number of aromatic nitrogens is 2. The zero-order valence-corrected chi connectivity index (χ0v) is 15.1. The standard InChI is InChI=1S/C19H25N3O3/c1-13(2)16-7-4-15(5-8-16)6-9-18(23)22-10-11-24-12-17(22)19-20-14(3)25-21-19/h4-5,7-8,13,17H,6,9-12H2,1-3H3/t17-/m1/s1. The normalized spacial score (nSPS) is 17.9. The molecular weight excluding hydrogens is 318 g/mol. The van der Waals surface area contributed by atoms with Crippen LogP contribution in [-0.4, -0.2) is 40.7 Å². The topological polar surface area (TPSA) is 68.5 Å². The first-order valence-corrected chi connectivity index (χ1v) is 8.81. The van der Waals surface area contributed by atoms with Gasteiger partial charge in [0.15, 0.2) is 5.82 Å². The summed E-state index contributed by atoms with van der Waals surface area (Å²) in [5.41, 5.74) is 2.49. The number of ether oxygens (including phenoxy) is 1. The van der Waals surface area contributed by atoms with Gasteiger partial charge in [0.2, 0.25) is 11.8 Å². The van der Waals surface area contributed by atoms with Gasteiger partial charge in [0.05, 0.1) is 13.2 Å². The highest BCUT2D eigenvalue weighted by atomic mass is 16.5. The first kappa shape index (κ1) is 17.6. The van der Waals surface area contributed by atoms with Crippen LogP contribution in [0.4, 0.5) is 0 Å². The lowest BCUT2D eigenvalue weighted by Gasteiger charge is -2.33. The third-order valence-corrected chi connectivity index (χ3v) is 4.56. The van der Waals surface area contributed by atoms with Crippen LogP contribution in [0, 0.1) is 6.92 Å². The molecule has 6 heteroatoms. The highest BCUT2D eigenvalue weighted by Gasteiger charge is 2.31. The molecule has 0 radical (unpaired) electrons. The maximum atomic E-state index is 12.7. The second-order valence-electron chi connectivity index (χ2n) is 6.75. The Morgan fingerprint density at radius 2 is 2.08 bits per heavy atom. The lowest BCUT2D eigenvalue weighted by Crippen LogP contribution is -2.44. The molecule has 3 rings (SSSR count). The average molecular weight is 343 g/mol. The number of carbonyl (C=O) groups excluding carboxylic acids is 1. The van der Waals surface area contributed by atoms with Crippen LogP contribution in [0.15, 0.2) is 28.8 Å². The number of nitrogens with zero attached hydrogens (tertiary/aromatic N) is 3. The number of morpholine rings is 1. The van der Waals surface area contributed by atoms with Crippen LogP contribution >= 0.6 is 0 Å². The molecule has 2 aromatic rings. The third kappa shape index (κ3) is 4.25. The SMILES string of the molecule is Cc1nc([C@H]2COCCN2C(=O)CCc2ccc(C(C)C)cc2)no1. The Bertz CT molecular complexity index is 709. The second kappa shape index (κ2) is 7.78. The summed E-state index contributed by atoms with van der Waals surface area (Å²) in [7, 11) is 0. The van der Waals surface area contributed by atoms with Crippen LogP contribution in [0.2, 0.25) is 0 Å². The first-order valence-electron chi connectivity index (χ1n) is 8.81. The summed E-state index contributed by atoms with van der Waals surface area (Å²) in [5, 5.41) is 3.96. The number of hydrogen-bond donors (Lipinski definition) is 0. The number of carbonyl (C=O) groups is 1. The highest BCUT2D eigenvalue weighted by molar-refractivity contribution is 5.77. The van der Waals surface area contributed by atoms with Gasteiger partial charge in [0, 0.05) is 19.9 Å². The van der Waals surface area contributed by atoms with Crippen LogP contribution in [0.1, 0.15) is 55.1 Å². The van der Waals surface area contributed by atoms with Crippen molar-refractivity contribution in [3.63, 3.8) is 0 Å². The fourth-order valence-electron chi connectivity index (χ4n) is 3.03. The van der Waals surface area contributed by atoms with Crippen molar-refractivity contribution in [3.05, 3.63) is 47.1 Å². The van der Waals surface area contributed by atoms with Crippen molar-refractivity contribution in [3.8, 4) is 0 Å². The Morgan fingerprint density at radius 3 is 2.72 bits per heavy atom. The summed E-state index contributed by atoms with van der Waals surface area (Å²) in [6, 6.07) is 8.25. The minimum Gasteiger partial charge on any atom is -0.377 e. The molecule has 1 aromatic carbocycles. The van der Waals surface area contributed by atoms with Gasteiger partial charge in [-0.2, -0.15) is 4.98 Å². The van der Waals surface area contributed by atoms with Gasteiger partial charge in [-0.05, 0) is 23.5 Å². The molecule has 1 fully saturated rings. The molecule has 1 saturated heterocycles. The molecule has 1 aromatic heterocycles.